The molecule has 15 heavy (non-hydrogen) atoms. The van der Waals surface area contributed by atoms with E-state index in [2.05, 4.69) is 0 Å². The molecule has 0 unspecified atom stereocenters. The van der Waals surface area contributed by atoms with Gasteiger partial charge in [0.25, 0.3) is 0 Å². The number of ketones is 1. The zero-order valence-electron chi connectivity index (χ0n) is 9.33. The van der Waals surface area contributed by atoms with Crippen LogP contribution in [0.5, 0.6) is 0 Å². The van der Waals surface area contributed by atoms with E-state index in [4.69, 9.17) is 4.74 Å². The molecule has 86 valence electrons. The summed E-state index contributed by atoms with van der Waals surface area (Å²) in [5.74, 6) is 0.0211. The number of nitrogens with zero attached hydrogens (tertiary/aromatic N) is 1. The van der Waals surface area contributed by atoms with Crippen LogP contribution in [0.1, 0.15) is 32.6 Å². The third-order valence-electron chi connectivity index (χ3n) is 2.52. The van der Waals surface area contributed by atoms with Crippen molar-refractivity contribution >= 4 is 11.7 Å². The molecule has 0 spiro atoms. The summed E-state index contributed by atoms with van der Waals surface area (Å²) in [5.41, 5.74) is 0. The van der Waals surface area contributed by atoms with Gasteiger partial charge in [-0.05, 0) is 6.42 Å². The number of carbonyl (C=O) groups excluding carboxylic acids is 2. The van der Waals surface area contributed by atoms with Crippen LogP contribution in [0.4, 0.5) is 0 Å². The van der Waals surface area contributed by atoms with E-state index in [0.29, 0.717) is 32.7 Å². The molecule has 1 saturated heterocycles. The molecule has 0 aromatic heterocycles. The minimum Gasteiger partial charge on any atom is -0.378 e. The number of ether oxygens (including phenoxy) is 1. The summed E-state index contributed by atoms with van der Waals surface area (Å²) in [4.78, 5) is 24.7. The Labute approximate surface area is 90.6 Å². The van der Waals surface area contributed by atoms with E-state index in [0.717, 1.165) is 12.8 Å². The monoisotopic (exact) mass is 213 g/mol. The van der Waals surface area contributed by atoms with Crippen LogP contribution in [-0.2, 0) is 14.3 Å². The summed E-state index contributed by atoms with van der Waals surface area (Å²) < 4.78 is 5.14. The van der Waals surface area contributed by atoms with Gasteiger partial charge in [-0.25, -0.2) is 0 Å². The normalized spacial score (nSPS) is 16.5. The fourth-order valence-corrected chi connectivity index (χ4v) is 1.56. The number of hydrogen-bond donors (Lipinski definition) is 0. The number of rotatable bonds is 5. The van der Waals surface area contributed by atoms with E-state index in [1.165, 1.54) is 0 Å². The largest absolute Gasteiger partial charge is 0.378 e. The van der Waals surface area contributed by atoms with Gasteiger partial charge in [-0.1, -0.05) is 13.3 Å². The van der Waals surface area contributed by atoms with Crippen molar-refractivity contribution in [3.8, 4) is 0 Å². The van der Waals surface area contributed by atoms with Gasteiger partial charge in [0, 0.05) is 19.5 Å². The maximum atomic E-state index is 11.6. The van der Waals surface area contributed by atoms with Crippen LogP contribution in [0.2, 0.25) is 0 Å². The lowest BCUT2D eigenvalue weighted by molar-refractivity contribution is -0.138. The first-order chi connectivity index (χ1) is 7.24. The first-order valence-corrected chi connectivity index (χ1v) is 5.61. The summed E-state index contributed by atoms with van der Waals surface area (Å²) in [6.45, 7) is 4.47. The summed E-state index contributed by atoms with van der Waals surface area (Å²) in [6, 6.07) is 0. The summed E-state index contributed by atoms with van der Waals surface area (Å²) in [7, 11) is 0. The molecule has 0 saturated carbocycles. The Morgan fingerprint density at radius 1 is 1.27 bits per heavy atom. The third-order valence-corrected chi connectivity index (χ3v) is 2.52. The highest BCUT2D eigenvalue weighted by molar-refractivity contribution is 5.97. The van der Waals surface area contributed by atoms with Crippen LogP contribution < -0.4 is 0 Å². The number of carbonyl (C=O) groups is 2. The Kier molecular flexibility index (Phi) is 5.32. The summed E-state index contributed by atoms with van der Waals surface area (Å²) >= 11 is 0. The molecule has 1 heterocycles. The molecule has 0 radical (unpaired) electrons. The van der Waals surface area contributed by atoms with E-state index >= 15 is 0 Å². The quantitative estimate of drug-likeness (QED) is 0.640. The smallest absolute Gasteiger partial charge is 0.230 e. The van der Waals surface area contributed by atoms with E-state index in [-0.39, 0.29) is 18.1 Å². The van der Waals surface area contributed by atoms with Crippen molar-refractivity contribution in [1.82, 2.24) is 4.90 Å². The van der Waals surface area contributed by atoms with Crippen molar-refractivity contribution in [3.63, 3.8) is 0 Å². The van der Waals surface area contributed by atoms with Crippen molar-refractivity contribution in [2.45, 2.75) is 32.6 Å². The van der Waals surface area contributed by atoms with Gasteiger partial charge in [-0.2, -0.15) is 0 Å². The molecule has 1 aliphatic rings. The van der Waals surface area contributed by atoms with Crippen molar-refractivity contribution in [3.05, 3.63) is 0 Å². The highest BCUT2D eigenvalue weighted by Crippen LogP contribution is 2.04. The van der Waals surface area contributed by atoms with Gasteiger partial charge in [-0.3, -0.25) is 9.59 Å². The van der Waals surface area contributed by atoms with Crippen LogP contribution in [0, 0.1) is 0 Å². The lowest BCUT2D eigenvalue weighted by Crippen LogP contribution is -2.41. The van der Waals surface area contributed by atoms with Gasteiger partial charge >= 0.3 is 0 Å². The first kappa shape index (κ1) is 12.2. The zero-order valence-corrected chi connectivity index (χ0v) is 9.33. The third kappa shape index (κ3) is 4.42. The molecule has 1 aliphatic heterocycles. The molecular weight excluding hydrogens is 194 g/mol. The van der Waals surface area contributed by atoms with Crippen molar-refractivity contribution in [2.24, 2.45) is 0 Å². The van der Waals surface area contributed by atoms with Gasteiger partial charge in [0.15, 0.2) is 0 Å². The second-order valence-corrected chi connectivity index (χ2v) is 3.81. The average Bonchev–Trinajstić information content (AvgIpc) is 2.27. The topological polar surface area (TPSA) is 46.6 Å². The molecule has 0 aromatic carbocycles. The molecule has 1 fully saturated rings. The van der Waals surface area contributed by atoms with Gasteiger partial charge in [0.1, 0.15) is 5.78 Å². The molecule has 0 aromatic rings. The van der Waals surface area contributed by atoms with E-state index in [9.17, 15) is 9.59 Å². The van der Waals surface area contributed by atoms with Gasteiger partial charge in [-0.15, -0.1) is 0 Å². The van der Waals surface area contributed by atoms with Crippen LogP contribution >= 0.6 is 0 Å². The van der Waals surface area contributed by atoms with Crippen molar-refractivity contribution in [1.29, 1.82) is 0 Å². The van der Waals surface area contributed by atoms with E-state index < -0.39 is 0 Å². The molecule has 1 amide bonds. The van der Waals surface area contributed by atoms with E-state index in [1.807, 2.05) is 6.92 Å². The molecule has 0 N–H and O–H groups in total. The molecular formula is C11H19NO3. The molecule has 0 bridgehead atoms. The Balaban J connectivity index is 2.24. The Bertz CT molecular complexity index is 222. The minimum atomic E-state index is -0.0422. The Morgan fingerprint density at radius 2 is 1.93 bits per heavy atom. The number of hydrogen-bond acceptors (Lipinski definition) is 3. The second-order valence-electron chi connectivity index (χ2n) is 3.81. The first-order valence-electron chi connectivity index (χ1n) is 5.61. The van der Waals surface area contributed by atoms with Gasteiger partial charge in [0.2, 0.25) is 5.91 Å². The van der Waals surface area contributed by atoms with Crippen molar-refractivity contribution in [2.75, 3.05) is 26.3 Å². The highest BCUT2D eigenvalue weighted by Gasteiger charge is 2.18. The van der Waals surface area contributed by atoms with Crippen LogP contribution in [0.25, 0.3) is 0 Å². The van der Waals surface area contributed by atoms with Gasteiger partial charge < -0.3 is 9.64 Å². The van der Waals surface area contributed by atoms with Gasteiger partial charge in [0.05, 0.1) is 19.6 Å². The minimum absolute atomic E-state index is 0.0422. The average molecular weight is 213 g/mol. The molecule has 4 nitrogen and oxygen atoms in total. The van der Waals surface area contributed by atoms with Crippen LogP contribution in [-0.4, -0.2) is 42.9 Å². The number of unbranched alkanes of at least 4 members (excludes halogenated alkanes) is 1. The molecule has 4 heteroatoms. The number of morpholine rings is 1. The van der Waals surface area contributed by atoms with Crippen LogP contribution in [0.15, 0.2) is 0 Å². The maximum Gasteiger partial charge on any atom is 0.230 e. The predicted octanol–water partition coefficient (Wildman–Crippen LogP) is 0.995. The molecule has 0 aliphatic carbocycles. The molecule has 1 rings (SSSR count). The van der Waals surface area contributed by atoms with Crippen molar-refractivity contribution < 1.29 is 14.3 Å². The standard InChI is InChI=1S/C11H19NO3/c1-2-3-4-10(13)9-11(14)12-5-7-15-8-6-12/h2-9H2,1H3. The predicted molar refractivity (Wildman–Crippen MR) is 56.5 cm³/mol. The fourth-order valence-electron chi connectivity index (χ4n) is 1.56. The summed E-state index contributed by atoms with van der Waals surface area (Å²) in [6.07, 6.45) is 2.49. The SMILES string of the molecule is CCCCC(=O)CC(=O)N1CCOCC1. The zero-order chi connectivity index (χ0) is 11.1. The highest BCUT2D eigenvalue weighted by atomic mass is 16.5. The lowest BCUT2D eigenvalue weighted by Gasteiger charge is -2.26. The second kappa shape index (κ2) is 6.56. The number of amides is 1. The van der Waals surface area contributed by atoms with Crippen LogP contribution in [0.3, 0.4) is 0 Å². The Hall–Kier alpha value is -0.900. The summed E-state index contributed by atoms with van der Waals surface area (Å²) in [5, 5.41) is 0. The Morgan fingerprint density at radius 3 is 2.53 bits per heavy atom. The fraction of sp³-hybridized carbons (Fsp3) is 0.818. The lowest BCUT2D eigenvalue weighted by atomic mass is 10.1. The molecule has 0 atom stereocenters. The maximum absolute atomic E-state index is 11.6. The number of Topliss-reactive ketones (excluding diaryl/α,β-unsaturated/α-hetero) is 1. The van der Waals surface area contributed by atoms with E-state index in [1.54, 1.807) is 4.90 Å².